The Kier molecular flexibility index (Phi) is 2.50. The molecule has 5 heteroatoms. The van der Waals surface area contributed by atoms with E-state index in [1.54, 1.807) is 4.31 Å². The van der Waals surface area contributed by atoms with Gasteiger partial charge in [0.25, 0.3) is 0 Å². The Morgan fingerprint density at radius 3 is 2.78 bits per heavy atom. The Labute approximate surface area is 107 Å². The van der Waals surface area contributed by atoms with E-state index in [0.717, 1.165) is 17.6 Å². The molecule has 1 aromatic heterocycles. The van der Waals surface area contributed by atoms with Crippen molar-refractivity contribution in [3.8, 4) is 0 Å². The second kappa shape index (κ2) is 3.83. The maximum Gasteiger partial charge on any atom is 0.211 e. The summed E-state index contributed by atoms with van der Waals surface area (Å²) < 4.78 is 25.0. The van der Waals surface area contributed by atoms with Gasteiger partial charge in [-0.2, -0.15) is 4.31 Å². The van der Waals surface area contributed by atoms with Gasteiger partial charge in [-0.15, -0.1) is 0 Å². The van der Waals surface area contributed by atoms with E-state index in [4.69, 9.17) is 0 Å². The minimum absolute atomic E-state index is 0.0201. The molecule has 1 aromatic carbocycles. The highest BCUT2D eigenvalue weighted by Gasteiger charge is 2.31. The van der Waals surface area contributed by atoms with Gasteiger partial charge in [-0.1, -0.05) is 18.2 Å². The molecule has 0 fully saturated rings. The van der Waals surface area contributed by atoms with Gasteiger partial charge in [0.1, 0.15) is 0 Å². The topological polar surface area (TPSA) is 53.2 Å². The second-order valence-corrected chi connectivity index (χ2v) is 6.92. The first-order valence-corrected chi connectivity index (χ1v) is 7.87. The normalized spacial score (nSPS) is 21.1. The van der Waals surface area contributed by atoms with Gasteiger partial charge in [0.15, 0.2) is 0 Å². The Bertz CT molecular complexity index is 703. The van der Waals surface area contributed by atoms with Crippen molar-refractivity contribution in [3.63, 3.8) is 0 Å². The summed E-state index contributed by atoms with van der Waals surface area (Å²) in [5.74, 6) is 0. The Morgan fingerprint density at radius 2 is 2.06 bits per heavy atom. The van der Waals surface area contributed by atoms with Crippen LogP contribution in [0.15, 0.2) is 24.3 Å². The Hall–Kier alpha value is -1.33. The molecule has 0 spiro atoms. The summed E-state index contributed by atoms with van der Waals surface area (Å²) in [6, 6.07) is 8.15. The van der Waals surface area contributed by atoms with Gasteiger partial charge in [0.05, 0.1) is 12.8 Å². The van der Waals surface area contributed by atoms with Crippen LogP contribution in [0.2, 0.25) is 0 Å². The molecule has 1 atom stereocenters. The van der Waals surface area contributed by atoms with E-state index in [2.05, 4.69) is 11.1 Å². The molecule has 1 N–H and O–H groups in total. The fraction of sp³-hybridized carbons (Fsp3) is 0.385. The third-order valence-corrected chi connectivity index (χ3v) is 4.97. The SMILES string of the molecule is C[C@@H]1Cc2c([nH]c3ccccc23)CN1S(C)(=O)=O. The van der Waals surface area contributed by atoms with E-state index in [1.807, 2.05) is 25.1 Å². The van der Waals surface area contributed by atoms with Crippen molar-refractivity contribution in [2.45, 2.75) is 25.9 Å². The smallest absolute Gasteiger partial charge is 0.211 e. The number of fused-ring (bicyclic) bond motifs is 3. The van der Waals surface area contributed by atoms with Crippen molar-refractivity contribution in [1.82, 2.24) is 9.29 Å². The zero-order chi connectivity index (χ0) is 12.9. The summed E-state index contributed by atoms with van der Waals surface area (Å²) in [5, 5.41) is 1.22. The van der Waals surface area contributed by atoms with Crippen molar-refractivity contribution in [1.29, 1.82) is 0 Å². The van der Waals surface area contributed by atoms with Gasteiger partial charge in [0, 0.05) is 22.6 Å². The lowest BCUT2D eigenvalue weighted by Gasteiger charge is -2.31. The van der Waals surface area contributed by atoms with E-state index in [1.165, 1.54) is 17.2 Å². The highest BCUT2D eigenvalue weighted by Crippen LogP contribution is 2.30. The van der Waals surface area contributed by atoms with Gasteiger partial charge in [-0.25, -0.2) is 8.42 Å². The first kappa shape index (κ1) is 11.7. The molecule has 0 aliphatic carbocycles. The fourth-order valence-corrected chi connectivity index (χ4v) is 3.87. The molecule has 0 unspecified atom stereocenters. The highest BCUT2D eigenvalue weighted by atomic mass is 32.2. The van der Waals surface area contributed by atoms with E-state index >= 15 is 0 Å². The Morgan fingerprint density at radius 1 is 1.33 bits per heavy atom. The summed E-state index contributed by atoms with van der Waals surface area (Å²) in [4.78, 5) is 3.33. The number of para-hydroxylation sites is 1. The molecule has 4 nitrogen and oxygen atoms in total. The van der Waals surface area contributed by atoms with E-state index < -0.39 is 10.0 Å². The number of nitrogens with one attached hydrogen (secondary N) is 1. The van der Waals surface area contributed by atoms with Gasteiger partial charge in [-0.3, -0.25) is 0 Å². The molecule has 2 heterocycles. The largest absolute Gasteiger partial charge is 0.357 e. The lowest BCUT2D eigenvalue weighted by atomic mass is 10.00. The van der Waals surface area contributed by atoms with Crippen LogP contribution in [0, 0.1) is 0 Å². The monoisotopic (exact) mass is 264 g/mol. The van der Waals surface area contributed by atoms with Crippen molar-refractivity contribution in [2.24, 2.45) is 0 Å². The predicted molar refractivity (Wildman–Crippen MR) is 71.9 cm³/mol. The molecule has 0 bridgehead atoms. The summed E-state index contributed by atoms with van der Waals surface area (Å²) in [6.07, 6.45) is 2.05. The van der Waals surface area contributed by atoms with Gasteiger partial charge < -0.3 is 4.98 Å². The predicted octanol–water partition coefficient (Wildman–Crippen LogP) is 1.87. The molecule has 1 aliphatic heterocycles. The van der Waals surface area contributed by atoms with E-state index in [9.17, 15) is 8.42 Å². The third kappa shape index (κ3) is 1.74. The van der Waals surface area contributed by atoms with Crippen LogP contribution < -0.4 is 0 Å². The maximum atomic E-state index is 11.7. The van der Waals surface area contributed by atoms with Crippen LogP contribution in [-0.2, 0) is 23.0 Å². The number of H-pyrrole nitrogens is 1. The summed E-state index contributed by atoms with van der Waals surface area (Å²) in [7, 11) is -3.14. The number of benzene rings is 1. The maximum absolute atomic E-state index is 11.7. The van der Waals surface area contributed by atoms with Crippen molar-refractivity contribution in [3.05, 3.63) is 35.5 Å². The van der Waals surface area contributed by atoms with Crippen LogP contribution in [0.3, 0.4) is 0 Å². The average molecular weight is 264 g/mol. The van der Waals surface area contributed by atoms with E-state index in [-0.39, 0.29) is 6.04 Å². The second-order valence-electron chi connectivity index (χ2n) is 4.99. The molecule has 0 saturated carbocycles. The van der Waals surface area contributed by atoms with Gasteiger partial charge in [0.2, 0.25) is 10.0 Å². The molecule has 3 rings (SSSR count). The number of rotatable bonds is 1. The zero-order valence-corrected chi connectivity index (χ0v) is 11.3. The van der Waals surface area contributed by atoms with Crippen LogP contribution in [0.1, 0.15) is 18.2 Å². The molecule has 0 amide bonds. The van der Waals surface area contributed by atoms with Crippen LogP contribution in [-0.4, -0.2) is 30.0 Å². The number of sulfonamides is 1. The Balaban J connectivity index is 2.13. The average Bonchev–Trinajstić information content (AvgIpc) is 2.65. The first-order chi connectivity index (χ1) is 8.47. The standard InChI is InChI=1S/C13H16N2O2S/c1-9-7-11-10-5-3-4-6-12(10)14-13(11)8-15(9)18(2,16)17/h3-6,9,14H,7-8H2,1-2H3/t9-/m1/s1. The number of aromatic nitrogens is 1. The lowest BCUT2D eigenvalue weighted by molar-refractivity contribution is 0.310. The van der Waals surface area contributed by atoms with E-state index in [0.29, 0.717) is 6.54 Å². The fourth-order valence-electron chi connectivity index (χ4n) is 2.78. The number of hydrogen-bond acceptors (Lipinski definition) is 2. The third-order valence-electron chi connectivity index (χ3n) is 3.63. The number of hydrogen-bond donors (Lipinski definition) is 1. The molecular weight excluding hydrogens is 248 g/mol. The van der Waals surface area contributed by atoms with Gasteiger partial charge >= 0.3 is 0 Å². The van der Waals surface area contributed by atoms with Crippen LogP contribution in [0.25, 0.3) is 10.9 Å². The van der Waals surface area contributed by atoms with Crippen molar-refractivity contribution in [2.75, 3.05) is 6.26 Å². The van der Waals surface area contributed by atoms with Crippen LogP contribution >= 0.6 is 0 Å². The lowest BCUT2D eigenvalue weighted by Crippen LogP contribution is -2.41. The van der Waals surface area contributed by atoms with Gasteiger partial charge in [-0.05, 0) is 25.0 Å². The first-order valence-electron chi connectivity index (χ1n) is 6.02. The molecule has 1 aliphatic rings. The number of aromatic amines is 1. The molecular formula is C13H16N2O2S. The van der Waals surface area contributed by atoms with Crippen LogP contribution in [0.5, 0.6) is 0 Å². The molecule has 0 saturated heterocycles. The molecule has 18 heavy (non-hydrogen) atoms. The molecule has 2 aromatic rings. The quantitative estimate of drug-likeness (QED) is 0.855. The molecule has 96 valence electrons. The molecule has 0 radical (unpaired) electrons. The van der Waals surface area contributed by atoms with Crippen LogP contribution in [0.4, 0.5) is 0 Å². The summed E-state index contributed by atoms with van der Waals surface area (Å²) in [5.41, 5.74) is 3.38. The van der Waals surface area contributed by atoms with Crippen molar-refractivity contribution >= 4 is 20.9 Å². The zero-order valence-electron chi connectivity index (χ0n) is 10.5. The number of nitrogens with zero attached hydrogens (tertiary/aromatic N) is 1. The highest BCUT2D eigenvalue weighted by molar-refractivity contribution is 7.88. The minimum Gasteiger partial charge on any atom is -0.357 e. The minimum atomic E-state index is -3.14. The summed E-state index contributed by atoms with van der Waals surface area (Å²) in [6.45, 7) is 2.41. The summed E-state index contributed by atoms with van der Waals surface area (Å²) >= 11 is 0. The van der Waals surface area contributed by atoms with Crippen molar-refractivity contribution < 1.29 is 8.42 Å².